The van der Waals surface area contributed by atoms with E-state index >= 15 is 0 Å². The molecule has 0 amide bonds. The maximum atomic E-state index is 5.06. The van der Waals surface area contributed by atoms with Crippen LogP contribution in [0, 0.1) is 0 Å². The number of benzene rings is 8. The Kier molecular flexibility index (Phi) is 7.81. The van der Waals surface area contributed by atoms with Crippen molar-refractivity contribution in [2.75, 3.05) is 0 Å². The Balaban J connectivity index is 1.02. The zero-order valence-corrected chi connectivity index (χ0v) is 30.7. The van der Waals surface area contributed by atoms with Gasteiger partial charge in [0.1, 0.15) is 0 Å². The highest BCUT2D eigenvalue weighted by atomic mass is 15.0. The van der Waals surface area contributed by atoms with Crippen molar-refractivity contribution < 1.29 is 0 Å². The first-order valence-electron chi connectivity index (χ1n) is 18.9. The van der Waals surface area contributed by atoms with Crippen LogP contribution in [0.1, 0.15) is 25.0 Å². The van der Waals surface area contributed by atoms with Crippen molar-refractivity contribution in [2.24, 2.45) is 0 Å². The van der Waals surface area contributed by atoms with E-state index in [1.807, 2.05) is 12.1 Å². The first-order valence-corrected chi connectivity index (χ1v) is 18.9. The lowest BCUT2D eigenvalue weighted by Crippen LogP contribution is -2.15. The molecule has 8 aromatic carbocycles. The zero-order chi connectivity index (χ0) is 36.9. The molecule has 1 aliphatic rings. The summed E-state index contributed by atoms with van der Waals surface area (Å²) in [5.41, 5.74) is 15.2. The van der Waals surface area contributed by atoms with Crippen LogP contribution in [-0.2, 0) is 5.41 Å². The molecule has 1 aromatic heterocycles. The Morgan fingerprint density at radius 3 is 1.24 bits per heavy atom. The van der Waals surface area contributed by atoms with Crippen molar-refractivity contribution in [1.82, 2.24) is 15.0 Å². The second kappa shape index (κ2) is 13.2. The molecule has 1 heterocycles. The second-order valence-electron chi connectivity index (χ2n) is 14.9. The van der Waals surface area contributed by atoms with E-state index in [1.165, 1.54) is 49.7 Å². The minimum Gasteiger partial charge on any atom is -0.208 e. The van der Waals surface area contributed by atoms with Crippen LogP contribution < -0.4 is 0 Å². The first-order chi connectivity index (χ1) is 27.0. The number of aromatic nitrogens is 3. The molecule has 10 rings (SSSR count). The summed E-state index contributed by atoms with van der Waals surface area (Å²) in [7, 11) is 0. The lowest BCUT2D eigenvalue weighted by atomic mass is 9.81. The Bertz CT molecular complexity index is 2740. The summed E-state index contributed by atoms with van der Waals surface area (Å²) in [5.74, 6) is 1.93. The molecule has 0 N–H and O–H groups in total. The van der Waals surface area contributed by atoms with Gasteiger partial charge in [-0.15, -0.1) is 0 Å². The van der Waals surface area contributed by atoms with E-state index in [2.05, 4.69) is 190 Å². The smallest absolute Gasteiger partial charge is 0.164 e. The summed E-state index contributed by atoms with van der Waals surface area (Å²) in [4.78, 5) is 15.2. The van der Waals surface area contributed by atoms with Gasteiger partial charge in [0.15, 0.2) is 17.5 Å². The molecule has 1 aliphatic carbocycles. The topological polar surface area (TPSA) is 38.7 Å². The summed E-state index contributed by atoms with van der Waals surface area (Å²) in [6.07, 6.45) is 0. The number of rotatable bonds is 6. The van der Waals surface area contributed by atoms with Crippen molar-refractivity contribution in [2.45, 2.75) is 19.3 Å². The van der Waals surface area contributed by atoms with E-state index in [9.17, 15) is 0 Å². The molecule has 0 fully saturated rings. The van der Waals surface area contributed by atoms with Crippen LogP contribution in [0.15, 0.2) is 188 Å². The number of nitrogens with zero attached hydrogens (tertiary/aromatic N) is 3. The van der Waals surface area contributed by atoms with Gasteiger partial charge in [-0.1, -0.05) is 196 Å². The average Bonchev–Trinajstić information content (AvgIpc) is 3.49. The summed E-state index contributed by atoms with van der Waals surface area (Å²) < 4.78 is 0. The number of fused-ring (bicyclic) bond motifs is 5. The molecule has 0 aliphatic heterocycles. The molecule has 9 aromatic rings. The standard InChI is InChI=1S/C52H37N3/c1-52(2)46-32-30-39-15-9-10-16-44(39)48(46)45-31-29-43(33-47(45)52)38-21-27-42(28-22-38)51-54-49(40-23-17-36(18-24-40)34-11-5-3-6-12-34)53-50(55-51)41-25-19-37(20-26-41)35-13-7-4-8-14-35/h3-33H,1-2H3. The third kappa shape index (κ3) is 5.82. The minimum absolute atomic E-state index is 0.0963. The Morgan fingerprint density at radius 1 is 0.327 bits per heavy atom. The quantitative estimate of drug-likeness (QED) is 0.173. The molecule has 3 heteroatoms. The fourth-order valence-electron chi connectivity index (χ4n) is 8.15. The van der Waals surface area contributed by atoms with Crippen LogP contribution in [0.3, 0.4) is 0 Å². The summed E-state index contributed by atoms with van der Waals surface area (Å²) in [6.45, 7) is 4.69. The third-order valence-electron chi connectivity index (χ3n) is 11.2. The van der Waals surface area contributed by atoms with Crippen LogP contribution in [0.5, 0.6) is 0 Å². The maximum absolute atomic E-state index is 5.06. The van der Waals surface area contributed by atoms with Gasteiger partial charge in [-0.05, 0) is 72.5 Å². The Morgan fingerprint density at radius 2 is 0.727 bits per heavy atom. The van der Waals surface area contributed by atoms with Gasteiger partial charge in [-0.3, -0.25) is 0 Å². The molecule has 0 spiro atoms. The second-order valence-corrected chi connectivity index (χ2v) is 14.9. The normalized spacial score (nSPS) is 12.7. The van der Waals surface area contributed by atoms with E-state index in [0.29, 0.717) is 17.5 Å². The van der Waals surface area contributed by atoms with Gasteiger partial charge in [0.25, 0.3) is 0 Å². The van der Waals surface area contributed by atoms with Crippen molar-refractivity contribution in [3.05, 3.63) is 199 Å². The molecule has 0 saturated carbocycles. The van der Waals surface area contributed by atoms with E-state index in [-0.39, 0.29) is 5.41 Å². The van der Waals surface area contributed by atoms with Crippen LogP contribution >= 0.6 is 0 Å². The van der Waals surface area contributed by atoms with Gasteiger partial charge in [0.05, 0.1) is 0 Å². The van der Waals surface area contributed by atoms with E-state index in [0.717, 1.165) is 33.4 Å². The highest BCUT2D eigenvalue weighted by Crippen LogP contribution is 2.52. The predicted octanol–water partition coefficient (Wildman–Crippen LogP) is 13.3. The predicted molar refractivity (Wildman–Crippen MR) is 228 cm³/mol. The average molecular weight is 704 g/mol. The first kappa shape index (κ1) is 32.7. The summed E-state index contributed by atoms with van der Waals surface area (Å²) in [5, 5.41) is 2.60. The van der Waals surface area contributed by atoms with Gasteiger partial charge in [0.2, 0.25) is 0 Å². The van der Waals surface area contributed by atoms with Gasteiger partial charge in [-0.25, -0.2) is 15.0 Å². The van der Waals surface area contributed by atoms with E-state index in [1.54, 1.807) is 0 Å². The van der Waals surface area contributed by atoms with Gasteiger partial charge in [-0.2, -0.15) is 0 Å². The van der Waals surface area contributed by atoms with Crippen LogP contribution in [-0.4, -0.2) is 15.0 Å². The molecule has 260 valence electrons. The minimum atomic E-state index is -0.0963. The Hall–Kier alpha value is -6.97. The molecule has 0 unspecified atom stereocenters. The van der Waals surface area contributed by atoms with E-state index < -0.39 is 0 Å². The molecule has 0 radical (unpaired) electrons. The van der Waals surface area contributed by atoms with Gasteiger partial charge >= 0.3 is 0 Å². The van der Waals surface area contributed by atoms with Crippen LogP contribution in [0.4, 0.5) is 0 Å². The molecular formula is C52H37N3. The monoisotopic (exact) mass is 703 g/mol. The van der Waals surface area contributed by atoms with Crippen molar-refractivity contribution in [3.63, 3.8) is 0 Å². The Labute approximate surface area is 321 Å². The number of hydrogen-bond donors (Lipinski definition) is 0. The van der Waals surface area contributed by atoms with E-state index in [4.69, 9.17) is 15.0 Å². The highest BCUT2D eigenvalue weighted by molar-refractivity contribution is 6.02. The van der Waals surface area contributed by atoms with Gasteiger partial charge in [0, 0.05) is 22.1 Å². The van der Waals surface area contributed by atoms with Crippen molar-refractivity contribution >= 4 is 10.8 Å². The fraction of sp³-hybridized carbons (Fsp3) is 0.0577. The molecule has 0 bridgehead atoms. The summed E-state index contributed by atoms with van der Waals surface area (Å²) >= 11 is 0. The molecular weight excluding hydrogens is 667 g/mol. The zero-order valence-electron chi connectivity index (χ0n) is 30.7. The lowest BCUT2D eigenvalue weighted by molar-refractivity contribution is 0.661. The molecule has 3 nitrogen and oxygen atoms in total. The fourth-order valence-corrected chi connectivity index (χ4v) is 8.15. The van der Waals surface area contributed by atoms with Crippen LogP contribution in [0.25, 0.3) is 89.4 Å². The largest absolute Gasteiger partial charge is 0.208 e. The van der Waals surface area contributed by atoms with Gasteiger partial charge < -0.3 is 0 Å². The molecule has 0 saturated heterocycles. The van der Waals surface area contributed by atoms with Crippen molar-refractivity contribution in [3.8, 4) is 78.7 Å². The third-order valence-corrected chi connectivity index (χ3v) is 11.2. The summed E-state index contributed by atoms with van der Waals surface area (Å²) in [6, 6.07) is 66.7. The molecule has 55 heavy (non-hydrogen) atoms. The molecule has 0 atom stereocenters. The van der Waals surface area contributed by atoms with Crippen LogP contribution in [0.2, 0.25) is 0 Å². The number of hydrogen-bond acceptors (Lipinski definition) is 3. The lowest BCUT2D eigenvalue weighted by Gasteiger charge is -2.22. The SMILES string of the molecule is CC1(C)c2cc(-c3ccc(-c4nc(-c5ccc(-c6ccccc6)cc5)nc(-c5ccc(-c6ccccc6)cc5)n4)cc3)ccc2-c2c1ccc1ccccc21. The maximum Gasteiger partial charge on any atom is 0.164 e. The highest BCUT2D eigenvalue weighted by Gasteiger charge is 2.36. The van der Waals surface area contributed by atoms with Crippen molar-refractivity contribution in [1.29, 1.82) is 0 Å².